The standard InChI is InChI=1S/C17H24OSi/c1-14-10-11-17(18,12-14)13-15(2)19(3,4)16-8-6-5-7-9-16/h5-9,18H,1-2,10-13H2,3-4H3/t17-/m1/s1. The van der Waals surface area contributed by atoms with Crippen molar-refractivity contribution in [3.05, 3.63) is 54.3 Å². The van der Waals surface area contributed by atoms with Crippen molar-refractivity contribution in [2.45, 2.75) is 44.4 Å². The van der Waals surface area contributed by atoms with Crippen molar-refractivity contribution in [3.63, 3.8) is 0 Å². The van der Waals surface area contributed by atoms with E-state index in [0.29, 0.717) is 0 Å². The van der Waals surface area contributed by atoms with Crippen molar-refractivity contribution in [2.75, 3.05) is 0 Å². The topological polar surface area (TPSA) is 20.2 Å². The van der Waals surface area contributed by atoms with E-state index in [4.69, 9.17) is 0 Å². The van der Waals surface area contributed by atoms with Crippen LogP contribution in [0.25, 0.3) is 0 Å². The van der Waals surface area contributed by atoms with E-state index >= 15 is 0 Å². The highest BCUT2D eigenvalue weighted by molar-refractivity contribution is 6.95. The first-order valence-electron chi connectivity index (χ1n) is 6.96. The van der Waals surface area contributed by atoms with Gasteiger partial charge in [0.05, 0.1) is 5.60 Å². The lowest BCUT2D eigenvalue weighted by Crippen LogP contribution is -2.45. The second-order valence-corrected chi connectivity index (χ2v) is 11.0. The molecule has 0 heterocycles. The fourth-order valence-corrected chi connectivity index (χ4v) is 5.08. The fraction of sp³-hybridized carbons (Fsp3) is 0.412. The van der Waals surface area contributed by atoms with E-state index in [0.717, 1.165) is 25.7 Å². The predicted octanol–water partition coefficient (Wildman–Crippen LogP) is 3.56. The van der Waals surface area contributed by atoms with Crippen molar-refractivity contribution in [1.29, 1.82) is 0 Å². The molecule has 0 radical (unpaired) electrons. The van der Waals surface area contributed by atoms with Gasteiger partial charge in [0, 0.05) is 0 Å². The Labute approximate surface area is 117 Å². The zero-order chi connectivity index (χ0) is 14.1. The Kier molecular flexibility index (Phi) is 3.84. The summed E-state index contributed by atoms with van der Waals surface area (Å²) in [4.78, 5) is 0. The minimum absolute atomic E-state index is 0.590. The van der Waals surface area contributed by atoms with Gasteiger partial charge in [0.15, 0.2) is 0 Å². The molecule has 1 aliphatic rings. The third kappa shape index (κ3) is 3.07. The molecule has 0 aliphatic heterocycles. The van der Waals surface area contributed by atoms with Crippen molar-refractivity contribution >= 4 is 13.3 Å². The quantitative estimate of drug-likeness (QED) is 0.656. The molecule has 1 N–H and O–H groups in total. The minimum atomic E-state index is -1.70. The molecule has 2 rings (SSSR count). The number of hydrogen-bond donors (Lipinski definition) is 1. The van der Waals surface area contributed by atoms with Gasteiger partial charge in [-0.3, -0.25) is 0 Å². The van der Waals surface area contributed by atoms with Gasteiger partial charge in [-0.25, -0.2) is 0 Å². The number of hydrogen-bond acceptors (Lipinski definition) is 1. The highest BCUT2D eigenvalue weighted by Gasteiger charge is 2.37. The maximum atomic E-state index is 10.6. The molecule has 0 saturated heterocycles. The van der Waals surface area contributed by atoms with Gasteiger partial charge in [0.2, 0.25) is 0 Å². The number of rotatable bonds is 4. The summed E-state index contributed by atoms with van der Waals surface area (Å²) in [6.07, 6.45) is 3.26. The number of aliphatic hydroxyl groups is 1. The Morgan fingerprint density at radius 2 is 1.95 bits per heavy atom. The van der Waals surface area contributed by atoms with Gasteiger partial charge in [-0.05, 0) is 25.7 Å². The summed E-state index contributed by atoms with van der Waals surface area (Å²) in [5.74, 6) is 0. The molecule has 0 bridgehead atoms. The highest BCUT2D eigenvalue weighted by Crippen LogP contribution is 2.38. The molecule has 0 spiro atoms. The predicted molar refractivity (Wildman–Crippen MR) is 85.3 cm³/mol. The molecular weight excluding hydrogens is 248 g/mol. The van der Waals surface area contributed by atoms with E-state index in [9.17, 15) is 5.11 Å². The van der Waals surface area contributed by atoms with Crippen LogP contribution < -0.4 is 5.19 Å². The molecule has 0 amide bonds. The second-order valence-electron chi connectivity index (χ2n) is 6.42. The molecule has 1 atom stereocenters. The largest absolute Gasteiger partial charge is 0.389 e. The van der Waals surface area contributed by atoms with Crippen LogP contribution in [0.15, 0.2) is 54.3 Å². The van der Waals surface area contributed by atoms with E-state index in [1.807, 2.05) is 6.07 Å². The first-order chi connectivity index (χ1) is 8.83. The van der Waals surface area contributed by atoms with Crippen LogP contribution >= 0.6 is 0 Å². The summed E-state index contributed by atoms with van der Waals surface area (Å²) < 4.78 is 0. The highest BCUT2D eigenvalue weighted by atomic mass is 28.3. The van der Waals surface area contributed by atoms with Crippen molar-refractivity contribution in [2.24, 2.45) is 0 Å². The Balaban J connectivity index is 2.13. The summed E-state index contributed by atoms with van der Waals surface area (Å²) >= 11 is 0. The van der Waals surface area contributed by atoms with Crippen molar-refractivity contribution in [3.8, 4) is 0 Å². The first kappa shape index (κ1) is 14.3. The van der Waals surface area contributed by atoms with Gasteiger partial charge in [-0.15, -0.1) is 6.58 Å². The van der Waals surface area contributed by atoms with Crippen LogP contribution in [0.2, 0.25) is 13.1 Å². The second kappa shape index (κ2) is 5.10. The lowest BCUT2D eigenvalue weighted by molar-refractivity contribution is 0.0527. The van der Waals surface area contributed by atoms with Crippen LogP contribution in [0.4, 0.5) is 0 Å². The number of benzene rings is 1. The smallest absolute Gasteiger partial charge is 0.106 e. The minimum Gasteiger partial charge on any atom is -0.389 e. The van der Waals surface area contributed by atoms with Crippen molar-refractivity contribution in [1.82, 2.24) is 0 Å². The lowest BCUT2D eigenvalue weighted by atomic mass is 9.98. The summed E-state index contributed by atoms with van der Waals surface area (Å²) in [6.45, 7) is 12.9. The van der Waals surface area contributed by atoms with Gasteiger partial charge < -0.3 is 5.11 Å². The summed E-state index contributed by atoms with van der Waals surface area (Å²) in [5, 5.41) is 13.3. The molecule has 2 heteroatoms. The molecule has 1 aromatic rings. The summed E-state index contributed by atoms with van der Waals surface area (Å²) in [5.41, 5.74) is 0.585. The Morgan fingerprint density at radius 1 is 1.32 bits per heavy atom. The van der Waals surface area contributed by atoms with Crippen molar-refractivity contribution < 1.29 is 5.11 Å². The van der Waals surface area contributed by atoms with Gasteiger partial charge >= 0.3 is 0 Å². The normalized spacial score (nSPS) is 23.6. The SMILES string of the molecule is C=C1CC[C@](O)(CC(=C)[Si](C)(C)c2ccccc2)C1. The Bertz CT molecular complexity index is 489. The molecule has 1 aliphatic carbocycles. The zero-order valence-corrected chi connectivity index (χ0v) is 13.1. The molecule has 1 saturated carbocycles. The molecule has 19 heavy (non-hydrogen) atoms. The maximum Gasteiger partial charge on any atom is 0.106 e. The van der Waals surface area contributed by atoms with E-state index in [1.54, 1.807) is 0 Å². The van der Waals surface area contributed by atoms with E-state index in [1.165, 1.54) is 16.0 Å². The molecule has 1 fully saturated rings. The fourth-order valence-electron chi connectivity index (χ4n) is 2.88. The van der Waals surface area contributed by atoms with E-state index in [-0.39, 0.29) is 0 Å². The van der Waals surface area contributed by atoms with Crippen LogP contribution in [0.1, 0.15) is 25.7 Å². The lowest BCUT2D eigenvalue weighted by Gasteiger charge is -2.31. The average molecular weight is 272 g/mol. The van der Waals surface area contributed by atoms with Crippen LogP contribution in [0, 0.1) is 0 Å². The van der Waals surface area contributed by atoms with Gasteiger partial charge in [0.25, 0.3) is 0 Å². The first-order valence-corrected chi connectivity index (χ1v) is 9.96. The monoisotopic (exact) mass is 272 g/mol. The van der Waals surface area contributed by atoms with Crippen LogP contribution in [-0.2, 0) is 0 Å². The summed E-state index contributed by atoms with van der Waals surface area (Å²) in [7, 11) is -1.70. The molecule has 1 nitrogen and oxygen atoms in total. The average Bonchev–Trinajstić information content (AvgIpc) is 2.70. The zero-order valence-electron chi connectivity index (χ0n) is 12.1. The van der Waals surface area contributed by atoms with Gasteiger partial charge in [-0.1, -0.05) is 66.0 Å². The third-order valence-corrected chi connectivity index (χ3v) is 8.17. The maximum absolute atomic E-state index is 10.6. The molecule has 0 aromatic heterocycles. The molecular formula is C17H24OSi. The Hall–Kier alpha value is -1.12. The Morgan fingerprint density at radius 3 is 2.47 bits per heavy atom. The van der Waals surface area contributed by atoms with Crippen LogP contribution in [0.5, 0.6) is 0 Å². The van der Waals surface area contributed by atoms with Crippen LogP contribution in [0.3, 0.4) is 0 Å². The van der Waals surface area contributed by atoms with Gasteiger partial charge in [-0.2, -0.15) is 0 Å². The third-order valence-electron chi connectivity index (χ3n) is 4.44. The van der Waals surface area contributed by atoms with E-state index in [2.05, 4.69) is 50.5 Å². The molecule has 0 unspecified atom stereocenters. The van der Waals surface area contributed by atoms with Gasteiger partial charge in [0.1, 0.15) is 8.07 Å². The summed E-state index contributed by atoms with van der Waals surface area (Å²) in [6, 6.07) is 10.6. The van der Waals surface area contributed by atoms with Crippen LogP contribution in [-0.4, -0.2) is 18.8 Å². The molecule has 102 valence electrons. The molecule has 1 aromatic carbocycles. The van der Waals surface area contributed by atoms with E-state index < -0.39 is 13.7 Å².